The van der Waals surface area contributed by atoms with Crippen molar-refractivity contribution in [3.63, 3.8) is 0 Å². The molecule has 0 radical (unpaired) electrons. The predicted molar refractivity (Wildman–Crippen MR) is 77.3 cm³/mol. The highest BCUT2D eigenvalue weighted by molar-refractivity contribution is 5.94. The lowest BCUT2D eigenvalue weighted by Gasteiger charge is -2.35. The molecule has 6 heteroatoms. The number of aromatic nitrogens is 3. The second kappa shape index (κ2) is 6.05. The average Bonchev–Trinajstić information content (AvgIpc) is 3.09. The molecule has 1 aliphatic heterocycles. The Morgan fingerprint density at radius 1 is 1.29 bits per heavy atom. The summed E-state index contributed by atoms with van der Waals surface area (Å²) in [6, 6.07) is 7.67. The van der Waals surface area contributed by atoms with Crippen LogP contribution in [-0.4, -0.2) is 51.4 Å². The molecule has 0 spiro atoms. The smallest absolute Gasteiger partial charge is 0.254 e. The molecule has 0 N–H and O–H groups in total. The first kappa shape index (κ1) is 13.8. The van der Waals surface area contributed by atoms with E-state index in [9.17, 15) is 4.79 Å². The molecule has 0 bridgehead atoms. The Hall–Kier alpha value is -2.21. The molecule has 1 aromatic carbocycles. The van der Waals surface area contributed by atoms with Gasteiger partial charge in [0.25, 0.3) is 5.91 Å². The highest BCUT2D eigenvalue weighted by Gasteiger charge is 2.26. The Bertz CT molecular complexity index is 595. The Balaban J connectivity index is 1.78. The van der Waals surface area contributed by atoms with Crippen LogP contribution in [0.15, 0.2) is 36.9 Å². The van der Waals surface area contributed by atoms with E-state index in [1.807, 2.05) is 29.2 Å². The molecule has 110 valence electrons. The van der Waals surface area contributed by atoms with Crippen LogP contribution < -0.4 is 0 Å². The Morgan fingerprint density at radius 3 is 2.67 bits per heavy atom. The third kappa shape index (κ3) is 2.80. The molecule has 0 saturated carbocycles. The van der Waals surface area contributed by atoms with Crippen LogP contribution in [0.25, 0.3) is 5.69 Å². The third-order valence-electron chi connectivity index (χ3n) is 3.79. The van der Waals surface area contributed by atoms with Crippen LogP contribution in [0, 0.1) is 0 Å². The minimum Gasteiger partial charge on any atom is -0.377 e. The van der Waals surface area contributed by atoms with Gasteiger partial charge in [0.1, 0.15) is 12.7 Å². The standard InChI is InChI=1S/C15H18N4O2/c1-2-13-9-21-8-7-19(13)15(20)12-3-5-14(6-4-12)18-10-16-17-11-18/h3-6,10-11,13H,2,7-9H2,1H3. The van der Waals surface area contributed by atoms with E-state index in [0.29, 0.717) is 25.3 Å². The number of amides is 1. The molecule has 1 amide bonds. The van der Waals surface area contributed by atoms with E-state index in [2.05, 4.69) is 17.1 Å². The zero-order valence-electron chi connectivity index (χ0n) is 12.0. The van der Waals surface area contributed by atoms with Gasteiger partial charge < -0.3 is 9.64 Å². The summed E-state index contributed by atoms with van der Waals surface area (Å²) >= 11 is 0. The largest absolute Gasteiger partial charge is 0.377 e. The Morgan fingerprint density at radius 2 is 2.00 bits per heavy atom. The van der Waals surface area contributed by atoms with Crippen LogP contribution in [-0.2, 0) is 4.74 Å². The van der Waals surface area contributed by atoms with E-state index in [1.165, 1.54) is 0 Å². The van der Waals surface area contributed by atoms with E-state index < -0.39 is 0 Å². The lowest BCUT2D eigenvalue weighted by Crippen LogP contribution is -2.48. The van der Waals surface area contributed by atoms with Crippen LogP contribution >= 0.6 is 0 Å². The van der Waals surface area contributed by atoms with Crippen LogP contribution in [0.3, 0.4) is 0 Å². The predicted octanol–water partition coefficient (Wildman–Crippen LogP) is 1.52. The number of ether oxygens (including phenoxy) is 1. The first-order valence-electron chi connectivity index (χ1n) is 7.13. The quantitative estimate of drug-likeness (QED) is 0.858. The number of hydrogen-bond donors (Lipinski definition) is 0. The van der Waals surface area contributed by atoms with Gasteiger partial charge in [0, 0.05) is 17.8 Å². The minimum absolute atomic E-state index is 0.0699. The molecule has 2 heterocycles. The van der Waals surface area contributed by atoms with Crippen molar-refractivity contribution in [3.05, 3.63) is 42.5 Å². The van der Waals surface area contributed by atoms with Crippen molar-refractivity contribution in [2.45, 2.75) is 19.4 Å². The van der Waals surface area contributed by atoms with Gasteiger partial charge >= 0.3 is 0 Å². The van der Waals surface area contributed by atoms with Gasteiger partial charge in [-0.2, -0.15) is 0 Å². The number of nitrogens with zero attached hydrogens (tertiary/aromatic N) is 4. The summed E-state index contributed by atoms with van der Waals surface area (Å²) in [7, 11) is 0. The van der Waals surface area contributed by atoms with Gasteiger partial charge in [-0.3, -0.25) is 9.36 Å². The van der Waals surface area contributed by atoms with Crippen molar-refractivity contribution in [2.24, 2.45) is 0 Å². The lowest BCUT2D eigenvalue weighted by molar-refractivity contribution is -0.00279. The second-order valence-electron chi connectivity index (χ2n) is 5.05. The highest BCUT2D eigenvalue weighted by Crippen LogP contribution is 2.16. The molecule has 1 aliphatic rings. The molecule has 1 fully saturated rings. The fourth-order valence-corrected chi connectivity index (χ4v) is 2.54. The molecular weight excluding hydrogens is 268 g/mol. The fourth-order valence-electron chi connectivity index (χ4n) is 2.54. The number of carbonyl (C=O) groups is 1. The van der Waals surface area contributed by atoms with E-state index >= 15 is 0 Å². The summed E-state index contributed by atoms with van der Waals surface area (Å²) in [5.74, 6) is 0.0699. The van der Waals surface area contributed by atoms with E-state index in [-0.39, 0.29) is 11.9 Å². The Labute approximate surface area is 123 Å². The van der Waals surface area contributed by atoms with Crippen LogP contribution in [0.4, 0.5) is 0 Å². The average molecular weight is 286 g/mol. The molecule has 1 saturated heterocycles. The van der Waals surface area contributed by atoms with Crippen LogP contribution in [0.1, 0.15) is 23.7 Å². The zero-order valence-corrected chi connectivity index (χ0v) is 12.0. The fraction of sp³-hybridized carbons (Fsp3) is 0.400. The number of carbonyl (C=O) groups excluding carboxylic acids is 1. The van der Waals surface area contributed by atoms with Crippen molar-refractivity contribution < 1.29 is 9.53 Å². The lowest BCUT2D eigenvalue weighted by atomic mass is 10.1. The maximum atomic E-state index is 12.6. The van der Waals surface area contributed by atoms with Gasteiger partial charge in [0.2, 0.25) is 0 Å². The van der Waals surface area contributed by atoms with Crippen molar-refractivity contribution >= 4 is 5.91 Å². The number of hydrogen-bond acceptors (Lipinski definition) is 4. The number of rotatable bonds is 3. The van der Waals surface area contributed by atoms with E-state index in [4.69, 9.17) is 4.74 Å². The summed E-state index contributed by atoms with van der Waals surface area (Å²) in [4.78, 5) is 14.5. The number of benzene rings is 1. The molecule has 2 aromatic rings. The molecule has 1 atom stereocenters. The molecule has 6 nitrogen and oxygen atoms in total. The SMILES string of the molecule is CCC1COCCN1C(=O)c1ccc(-n2cnnc2)cc1. The highest BCUT2D eigenvalue weighted by atomic mass is 16.5. The normalized spacial score (nSPS) is 18.7. The van der Waals surface area contributed by atoms with Crippen molar-refractivity contribution in [2.75, 3.05) is 19.8 Å². The first-order valence-corrected chi connectivity index (χ1v) is 7.13. The second-order valence-corrected chi connectivity index (χ2v) is 5.05. The van der Waals surface area contributed by atoms with Crippen molar-refractivity contribution in [3.8, 4) is 5.69 Å². The van der Waals surface area contributed by atoms with Gasteiger partial charge in [0.15, 0.2) is 0 Å². The van der Waals surface area contributed by atoms with Gasteiger partial charge in [0.05, 0.1) is 19.3 Å². The Kier molecular flexibility index (Phi) is 3.96. The maximum Gasteiger partial charge on any atom is 0.254 e. The van der Waals surface area contributed by atoms with Gasteiger partial charge in [-0.1, -0.05) is 6.92 Å². The third-order valence-corrected chi connectivity index (χ3v) is 3.79. The van der Waals surface area contributed by atoms with Crippen LogP contribution in [0.5, 0.6) is 0 Å². The molecule has 0 aliphatic carbocycles. The van der Waals surface area contributed by atoms with Crippen molar-refractivity contribution in [1.82, 2.24) is 19.7 Å². The molecular formula is C15H18N4O2. The van der Waals surface area contributed by atoms with Crippen LogP contribution in [0.2, 0.25) is 0 Å². The minimum atomic E-state index is 0.0699. The molecule has 1 unspecified atom stereocenters. The first-order chi connectivity index (χ1) is 10.3. The molecule has 21 heavy (non-hydrogen) atoms. The summed E-state index contributed by atoms with van der Waals surface area (Å²) in [5.41, 5.74) is 1.64. The summed E-state index contributed by atoms with van der Waals surface area (Å²) < 4.78 is 7.25. The summed E-state index contributed by atoms with van der Waals surface area (Å²) in [6.07, 6.45) is 4.17. The molecule has 3 rings (SSSR count). The topological polar surface area (TPSA) is 60.2 Å². The van der Waals surface area contributed by atoms with Gasteiger partial charge in [-0.05, 0) is 30.7 Å². The van der Waals surface area contributed by atoms with Gasteiger partial charge in [-0.25, -0.2) is 0 Å². The zero-order chi connectivity index (χ0) is 14.7. The van der Waals surface area contributed by atoms with E-state index in [0.717, 1.165) is 12.1 Å². The van der Waals surface area contributed by atoms with E-state index in [1.54, 1.807) is 17.2 Å². The molecule has 1 aromatic heterocycles. The van der Waals surface area contributed by atoms with Gasteiger partial charge in [-0.15, -0.1) is 10.2 Å². The monoisotopic (exact) mass is 286 g/mol. The maximum absolute atomic E-state index is 12.6. The van der Waals surface area contributed by atoms with Crippen molar-refractivity contribution in [1.29, 1.82) is 0 Å². The summed E-state index contributed by atoms with van der Waals surface area (Å²) in [5, 5.41) is 7.55. The summed E-state index contributed by atoms with van der Waals surface area (Å²) in [6.45, 7) is 3.97. The number of morpholine rings is 1.